The Morgan fingerprint density at radius 1 is 1.62 bits per heavy atom. The van der Waals surface area contributed by atoms with Crippen molar-refractivity contribution in [1.29, 1.82) is 0 Å². The average Bonchev–Trinajstić information content (AvgIpc) is 2.82. The predicted octanol–water partition coefficient (Wildman–Crippen LogP) is -1.19. The maximum absolute atomic E-state index is 11.2. The third kappa shape index (κ3) is 1.33. The molecule has 2 rings (SSSR count). The fraction of sp³-hybridized carbons (Fsp3) is 0.875. The van der Waals surface area contributed by atoms with Gasteiger partial charge in [0.05, 0.1) is 19.3 Å². The smallest absolute Gasteiger partial charge is 0.338 e. The molecule has 0 aromatic carbocycles. The summed E-state index contributed by atoms with van der Waals surface area (Å²) >= 11 is 0. The van der Waals surface area contributed by atoms with Crippen molar-refractivity contribution >= 4 is 5.97 Å². The van der Waals surface area contributed by atoms with E-state index in [1.807, 2.05) is 0 Å². The van der Waals surface area contributed by atoms with Gasteiger partial charge in [-0.25, -0.2) is 4.79 Å². The molecular formula is C8H12O5. The number of hydrogen-bond acceptors (Lipinski definition) is 5. The first-order valence-corrected chi connectivity index (χ1v) is 4.21. The van der Waals surface area contributed by atoms with Gasteiger partial charge in [0.25, 0.3) is 0 Å². The molecule has 1 saturated carbocycles. The van der Waals surface area contributed by atoms with E-state index < -0.39 is 17.7 Å². The highest BCUT2D eigenvalue weighted by atomic mass is 16.6. The van der Waals surface area contributed by atoms with Crippen LogP contribution in [0.3, 0.4) is 0 Å². The summed E-state index contributed by atoms with van der Waals surface area (Å²) in [4.78, 5) is 11.2. The van der Waals surface area contributed by atoms with Gasteiger partial charge in [-0.05, 0) is 0 Å². The van der Waals surface area contributed by atoms with Crippen LogP contribution in [0.2, 0.25) is 0 Å². The highest BCUT2D eigenvalue weighted by Crippen LogP contribution is 2.42. The number of aliphatic hydroxyl groups is 2. The quantitative estimate of drug-likeness (QED) is 0.399. The number of rotatable bonds is 1. The van der Waals surface area contributed by atoms with Crippen LogP contribution in [0.4, 0.5) is 0 Å². The van der Waals surface area contributed by atoms with Crippen molar-refractivity contribution in [1.82, 2.24) is 0 Å². The van der Waals surface area contributed by atoms with Crippen LogP contribution in [-0.4, -0.2) is 47.2 Å². The van der Waals surface area contributed by atoms with Crippen molar-refractivity contribution in [3.63, 3.8) is 0 Å². The Morgan fingerprint density at radius 2 is 2.31 bits per heavy atom. The Labute approximate surface area is 75.3 Å². The largest absolute Gasteiger partial charge is 0.467 e. The maximum atomic E-state index is 11.2. The molecule has 1 aliphatic heterocycles. The Bertz CT molecular complexity index is 241. The fourth-order valence-corrected chi connectivity index (χ4v) is 1.89. The molecule has 1 heterocycles. The Hall–Kier alpha value is -0.650. The highest BCUT2D eigenvalue weighted by molar-refractivity contribution is 5.79. The van der Waals surface area contributed by atoms with Crippen LogP contribution in [0.15, 0.2) is 0 Å². The van der Waals surface area contributed by atoms with Crippen LogP contribution in [0.5, 0.6) is 0 Å². The molecule has 2 N–H and O–H groups in total. The zero-order valence-corrected chi connectivity index (χ0v) is 7.27. The SMILES string of the molecule is COC(=O)[C@@]1(O)CC2O[C@@H]2[C@H](O)C1. The molecule has 1 unspecified atom stereocenters. The second kappa shape index (κ2) is 2.67. The van der Waals surface area contributed by atoms with E-state index in [2.05, 4.69) is 4.74 Å². The molecule has 74 valence electrons. The van der Waals surface area contributed by atoms with Crippen LogP contribution in [-0.2, 0) is 14.3 Å². The minimum atomic E-state index is -1.56. The van der Waals surface area contributed by atoms with Crippen LogP contribution in [0, 0.1) is 0 Å². The summed E-state index contributed by atoms with van der Waals surface area (Å²) in [5.41, 5.74) is -1.56. The van der Waals surface area contributed by atoms with Crippen molar-refractivity contribution < 1.29 is 24.5 Å². The molecule has 5 nitrogen and oxygen atoms in total. The number of epoxide rings is 1. The van der Waals surface area contributed by atoms with Crippen molar-refractivity contribution in [2.45, 2.75) is 36.8 Å². The third-order valence-corrected chi connectivity index (χ3v) is 2.65. The molecule has 0 aromatic rings. The minimum absolute atomic E-state index is 0.000833. The molecule has 0 aromatic heterocycles. The van der Waals surface area contributed by atoms with Crippen LogP contribution < -0.4 is 0 Å². The molecular weight excluding hydrogens is 176 g/mol. The lowest BCUT2D eigenvalue weighted by molar-refractivity contribution is -0.168. The van der Waals surface area contributed by atoms with Crippen molar-refractivity contribution in [3.8, 4) is 0 Å². The van der Waals surface area contributed by atoms with E-state index in [-0.39, 0.29) is 25.0 Å². The zero-order chi connectivity index (χ0) is 9.64. The molecule has 2 fully saturated rings. The molecule has 4 atom stereocenters. The lowest BCUT2D eigenvalue weighted by Crippen LogP contribution is -2.48. The van der Waals surface area contributed by atoms with E-state index >= 15 is 0 Å². The van der Waals surface area contributed by atoms with Crippen molar-refractivity contribution in [3.05, 3.63) is 0 Å². The molecule has 2 aliphatic rings. The number of methoxy groups -OCH3 is 1. The van der Waals surface area contributed by atoms with E-state index in [0.717, 1.165) is 0 Å². The first-order valence-electron chi connectivity index (χ1n) is 4.21. The second-order valence-corrected chi connectivity index (χ2v) is 3.64. The molecule has 0 radical (unpaired) electrons. The summed E-state index contributed by atoms with van der Waals surface area (Å²) in [6, 6.07) is 0. The number of carbonyl (C=O) groups excluding carboxylic acids is 1. The molecule has 13 heavy (non-hydrogen) atoms. The van der Waals surface area contributed by atoms with Gasteiger partial charge in [-0.2, -0.15) is 0 Å². The zero-order valence-electron chi connectivity index (χ0n) is 7.27. The number of hydrogen-bond donors (Lipinski definition) is 2. The lowest BCUT2D eigenvalue weighted by Gasteiger charge is -2.29. The van der Waals surface area contributed by atoms with E-state index in [1.54, 1.807) is 0 Å². The third-order valence-electron chi connectivity index (χ3n) is 2.65. The van der Waals surface area contributed by atoms with E-state index in [4.69, 9.17) is 4.74 Å². The molecule has 1 saturated heterocycles. The molecule has 0 amide bonds. The van der Waals surface area contributed by atoms with E-state index in [9.17, 15) is 15.0 Å². The van der Waals surface area contributed by atoms with Crippen molar-refractivity contribution in [2.75, 3.05) is 7.11 Å². The van der Waals surface area contributed by atoms with Crippen LogP contribution in [0.1, 0.15) is 12.8 Å². The highest BCUT2D eigenvalue weighted by Gasteiger charge is 2.58. The minimum Gasteiger partial charge on any atom is -0.467 e. The van der Waals surface area contributed by atoms with E-state index in [0.29, 0.717) is 0 Å². The van der Waals surface area contributed by atoms with Gasteiger partial charge in [0.1, 0.15) is 6.10 Å². The Kier molecular flexibility index (Phi) is 1.83. The number of carbonyl (C=O) groups is 1. The summed E-state index contributed by atoms with van der Waals surface area (Å²) in [6.07, 6.45) is -0.914. The van der Waals surface area contributed by atoms with Crippen LogP contribution in [0.25, 0.3) is 0 Å². The standard InChI is InChI=1S/C8H12O5/c1-12-7(10)8(11)2-4(9)6-5(3-8)13-6/h4-6,9,11H,2-3H2,1H3/t4-,5?,6-,8+/m1/s1. The molecule has 5 heteroatoms. The average molecular weight is 188 g/mol. The maximum Gasteiger partial charge on any atom is 0.338 e. The first kappa shape index (κ1) is 8.93. The normalized spacial score (nSPS) is 48.1. The van der Waals surface area contributed by atoms with Crippen molar-refractivity contribution in [2.24, 2.45) is 0 Å². The van der Waals surface area contributed by atoms with Gasteiger partial charge < -0.3 is 19.7 Å². The summed E-state index contributed by atoms with van der Waals surface area (Å²) < 4.78 is 9.51. The number of esters is 1. The molecule has 0 spiro atoms. The number of aliphatic hydroxyl groups excluding tert-OH is 1. The topological polar surface area (TPSA) is 79.3 Å². The Balaban J connectivity index is 2.10. The van der Waals surface area contributed by atoms with Gasteiger partial charge >= 0.3 is 5.97 Å². The first-order chi connectivity index (χ1) is 6.07. The summed E-state index contributed by atoms with van der Waals surface area (Å²) in [7, 11) is 1.21. The second-order valence-electron chi connectivity index (χ2n) is 3.64. The lowest BCUT2D eigenvalue weighted by atomic mass is 9.83. The number of ether oxygens (including phenoxy) is 2. The van der Waals surface area contributed by atoms with Gasteiger partial charge in [-0.1, -0.05) is 0 Å². The molecule has 0 bridgehead atoms. The summed E-state index contributed by atoms with van der Waals surface area (Å²) in [5, 5.41) is 19.2. The van der Waals surface area contributed by atoms with Gasteiger partial charge in [0.2, 0.25) is 0 Å². The summed E-state index contributed by atoms with van der Waals surface area (Å²) in [5.74, 6) is -0.694. The van der Waals surface area contributed by atoms with Gasteiger partial charge in [-0.3, -0.25) is 0 Å². The van der Waals surface area contributed by atoms with Gasteiger partial charge in [0.15, 0.2) is 5.60 Å². The number of fused-ring (bicyclic) bond motifs is 1. The monoisotopic (exact) mass is 188 g/mol. The Morgan fingerprint density at radius 3 is 2.85 bits per heavy atom. The van der Waals surface area contributed by atoms with Crippen LogP contribution >= 0.6 is 0 Å². The van der Waals surface area contributed by atoms with Gasteiger partial charge in [-0.15, -0.1) is 0 Å². The predicted molar refractivity (Wildman–Crippen MR) is 40.9 cm³/mol. The summed E-state index contributed by atoms with van der Waals surface area (Å²) in [6.45, 7) is 0. The molecule has 1 aliphatic carbocycles. The van der Waals surface area contributed by atoms with Gasteiger partial charge in [0, 0.05) is 12.8 Å². The fourth-order valence-electron chi connectivity index (χ4n) is 1.89. The van der Waals surface area contributed by atoms with E-state index in [1.165, 1.54) is 7.11 Å².